The van der Waals surface area contributed by atoms with Gasteiger partial charge in [0.1, 0.15) is 49.3 Å². The number of imide groups is 1. The molecule has 0 bridgehead atoms. The number of hydrogen-bond donors (Lipinski definition) is 1. The lowest BCUT2D eigenvalue weighted by atomic mass is 9.74. The van der Waals surface area contributed by atoms with Crippen LogP contribution in [0.15, 0.2) is 91.0 Å². The molecule has 7 rings (SSSR count). The van der Waals surface area contributed by atoms with Crippen LogP contribution in [0.25, 0.3) is 0 Å². The van der Waals surface area contributed by atoms with Crippen molar-refractivity contribution in [3.63, 3.8) is 0 Å². The van der Waals surface area contributed by atoms with Crippen LogP contribution in [0.3, 0.4) is 0 Å². The topological polar surface area (TPSA) is 137 Å². The standard InChI is InChI=1S/C33H31NO10/c35-29-24(34(30(36)40-18-22-12-6-2-7-13-22)31(37)41-19-23-14-8-3-9-15-23)16-33(44-29)27-25(42-27)32(38,26-28(33)43-26)20-39-17-21-10-4-1-5-11-21/h1-15,24-28,38H,16-20H2/t24-,25-,26+,27+,28-,32?,33?/m0/s1. The van der Waals surface area contributed by atoms with E-state index in [2.05, 4.69) is 0 Å². The average molecular weight is 602 g/mol. The van der Waals surface area contributed by atoms with Gasteiger partial charge in [0.05, 0.1) is 13.2 Å². The molecule has 3 aromatic rings. The summed E-state index contributed by atoms with van der Waals surface area (Å²) in [5.41, 5.74) is -0.374. The van der Waals surface area contributed by atoms with Crippen LogP contribution < -0.4 is 0 Å². The molecular formula is C33H31NO10. The van der Waals surface area contributed by atoms with Gasteiger partial charge in [0.25, 0.3) is 0 Å². The molecule has 11 nitrogen and oxygen atoms in total. The summed E-state index contributed by atoms with van der Waals surface area (Å²) in [4.78, 5) is 40.8. The first kappa shape index (κ1) is 28.5. The highest BCUT2D eigenvalue weighted by Crippen LogP contribution is 2.62. The highest BCUT2D eigenvalue weighted by Gasteiger charge is 2.84. The number of esters is 1. The maximum atomic E-state index is 13.4. The van der Waals surface area contributed by atoms with Gasteiger partial charge in [-0.25, -0.2) is 14.4 Å². The van der Waals surface area contributed by atoms with Crippen LogP contribution in [0.2, 0.25) is 0 Å². The monoisotopic (exact) mass is 601 g/mol. The van der Waals surface area contributed by atoms with Gasteiger partial charge >= 0.3 is 18.2 Å². The van der Waals surface area contributed by atoms with E-state index in [-0.39, 0.29) is 26.2 Å². The zero-order valence-corrected chi connectivity index (χ0v) is 23.7. The van der Waals surface area contributed by atoms with E-state index in [0.717, 1.165) is 5.56 Å². The molecule has 228 valence electrons. The van der Waals surface area contributed by atoms with Crippen molar-refractivity contribution in [1.82, 2.24) is 4.90 Å². The first-order chi connectivity index (χ1) is 21.4. The van der Waals surface area contributed by atoms with E-state index in [4.69, 9.17) is 28.4 Å². The van der Waals surface area contributed by atoms with Crippen molar-refractivity contribution >= 4 is 18.2 Å². The van der Waals surface area contributed by atoms with E-state index >= 15 is 0 Å². The van der Waals surface area contributed by atoms with E-state index in [9.17, 15) is 19.5 Å². The van der Waals surface area contributed by atoms with Crippen molar-refractivity contribution in [1.29, 1.82) is 0 Å². The number of fused-ring (bicyclic) bond motifs is 4. The Bertz CT molecular complexity index is 1440. The summed E-state index contributed by atoms with van der Waals surface area (Å²) >= 11 is 0. The third-order valence-corrected chi connectivity index (χ3v) is 8.57. The van der Waals surface area contributed by atoms with Gasteiger partial charge in [0.2, 0.25) is 0 Å². The van der Waals surface area contributed by atoms with E-state index in [0.29, 0.717) is 22.6 Å². The first-order valence-electron chi connectivity index (χ1n) is 14.5. The number of benzene rings is 3. The fourth-order valence-electron chi connectivity index (χ4n) is 6.26. The summed E-state index contributed by atoms with van der Waals surface area (Å²) in [6, 6.07) is 26.1. The number of carbonyl (C=O) groups excluding carboxylic acids is 3. The Hall–Kier alpha value is -4.29. The van der Waals surface area contributed by atoms with E-state index in [1.54, 1.807) is 48.5 Å². The van der Waals surface area contributed by atoms with Gasteiger partial charge in [-0.1, -0.05) is 91.0 Å². The molecule has 11 heteroatoms. The predicted molar refractivity (Wildman–Crippen MR) is 151 cm³/mol. The van der Waals surface area contributed by atoms with Crippen LogP contribution in [0.5, 0.6) is 0 Å². The fraction of sp³-hybridized carbons (Fsp3) is 0.364. The van der Waals surface area contributed by atoms with E-state index in [1.807, 2.05) is 42.5 Å². The summed E-state index contributed by atoms with van der Waals surface area (Å²) < 4.78 is 34.4. The zero-order valence-electron chi connectivity index (χ0n) is 23.7. The second-order valence-corrected chi connectivity index (χ2v) is 11.5. The lowest BCUT2D eigenvalue weighted by Gasteiger charge is -2.33. The molecule has 3 heterocycles. The number of hydrogen-bond acceptors (Lipinski definition) is 10. The molecule has 3 aromatic carbocycles. The van der Waals surface area contributed by atoms with Crippen molar-refractivity contribution in [2.75, 3.05) is 6.61 Å². The minimum atomic E-state index is -1.44. The number of epoxide rings is 2. The van der Waals surface area contributed by atoms with Crippen LogP contribution in [0, 0.1) is 0 Å². The maximum absolute atomic E-state index is 13.4. The second kappa shape index (κ2) is 11.3. The molecule has 44 heavy (non-hydrogen) atoms. The van der Waals surface area contributed by atoms with Gasteiger partial charge < -0.3 is 33.5 Å². The molecule has 3 saturated heterocycles. The van der Waals surface area contributed by atoms with Crippen LogP contribution in [-0.2, 0) is 53.0 Å². The molecule has 0 radical (unpaired) electrons. The molecule has 4 fully saturated rings. The molecule has 7 atom stereocenters. The van der Waals surface area contributed by atoms with Crippen molar-refractivity contribution < 1.29 is 47.9 Å². The number of rotatable bonds is 9. The normalized spacial score (nSPS) is 30.9. The lowest BCUT2D eigenvalue weighted by molar-refractivity contribution is -0.155. The summed E-state index contributed by atoms with van der Waals surface area (Å²) in [5, 5.41) is 11.5. The van der Waals surface area contributed by atoms with E-state index < -0.39 is 59.8 Å². The van der Waals surface area contributed by atoms with Gasteiger partial charge in [0, 0.05) is 6.42 Å². The molecule has 2 unspecified atom stereocenters. The summed E-state index contributed by atoms with van der Waals surface area (Å²) in [6.45, 7) is 0.0199. The van der Waals surface area contributed by atoms with Crippen LogP contribution in [0.1, 0.15) is 23.1 Å². The molecule has 0 aromatic heterocycles. The minimum absolute atomic E-state index is 0.0402. The van der Waals surface area contributed by atoms with Crippen molar-refractivity contribution in [2.45, 2.75) is 67.9 Å². The Balaban J connectivity index is 1.06. The van der Waals surface area contributed by atoms with Crippen molar-refractivity contribution in [3.05, 3.63) is 108 Å². The molecule has 2 amide bonds. The number of amides is 2. The largest absolute Gasteiger partial charge is 0.452 e. The van der Waals surface area contributed by atoms with Gasteiger partial charge in [-0.3, -0.25) is 0 Å². The average Bonchev–Trinajstić information content (AvgIpc) is 3.98. The third kappa shape index (κ3) is 5.22. The van der Waals surface area contributed by atoms with E-state index in [1.165, 1.54) is 0 Å². The Kier molecular flexibility index (Phi) is 7.33. The second-order valence-electron chi connectivity index (χ2n) is 11.5. The number of carbonyl (C=O) groups is 3. The molecule has 1 N–H and O–H groups in total. The fourth-order valence-corrected chi connectivity index (χ4v) is 6.26. The Labute approximate surface area is 253 Å². The summed E-state index contributed by atoms with van der Waals surface area (Å²) in [6.07, 6.45) is -5.02. The smallest absolute Gasteiger partial charge is 0.420 e. The van der Waals surface area contributed by atoms with Gasteiger partial charge in [0.15, 0.2) is 5.60 Å². The van der Waals surface area contributed by atoms with Crippen molar-refractivity contribution in [3.8, 4) is 0 Å². The lowest BCUT2D eigenvalue weighted by Crippen LogP contribution is -2.58. The van der Waals surface area contributed by atoms with Gasteiger partial charge in [-0.05, 0) is 16.7 Å². The Morgan fingerprint density at radius 3 is 1.66 bits per heavy atom. The molecule has 1 spiro atoms. The number of ether oxygens (including phenoxy) is 6. The molecule has 1 aliphatic carbocycles. The van der Waals surface area contributed by atoms with Gasteiger partial charge in [-0.15, -0.1) is 0 Å². The predicted octanol–water partition coefficient (Wildman–Crippen LogP) is 3.51. The summed E-state index contributed by atoms with van der Waals surface area (Å²) in [5.74, 6) is -0.812. The molecule has 1 saturated carbocycles. The highest BCUT2D eigenvalue weighted by molar-refractivity contribution is 5.95. The molecule has 4 aliphatic rings. The minimum Gasteiger partial charge on any atom is -0.452 e. The zero-order chi connectivity index (χ0) is 30.3. The molecular weight excluding hydrogens is 570 g/mol. The quantitative estimate of drug-likeness (QED) is 0.220. The van der Waals surface area contributed by atoms with Crippen molar-refractivity contribution in [2.24, 2.45) is 0 Å². The van der Waals surface area contributed by atoms with Gasteiger partial charge in [-0.2, -0.15) is 4.90 Å². The summed E-state index contributed by atoms with van der Waals surface area (Å²) in [7, 11) is 0. The Morgan fingerprint density at radius 2 is 1.18 bits per heavy atom. The first-order valence-corrected chi connectivity index (χ1v) is 14.5. The van der Waals surface area contributed by atoms with Crippen LogP contribution in [-0.4, -0.2) is 76.4 Å². The third-order valence-electron chi connectivity index (χ3n) is 8.57. The number of aliphatic hydroxyl groups is 1. The molecule has 3 aliphatic heterocycles. The van der Waals surface area contributed by atoms with Crippen LogP contribution in [0.4, 0.5) is 9.59 Å². The number of nitrogens with zero attached hydrogens (tertiary/aromatic N) is 1. The maximum Gasteiger partial charge on any atom is 0.420 e. The van der Waals surface area contributed by atoms with Crippen LogP contribution >= 0.6 is 0 Å². The highest BCUT2D eigenvalue weighted by atomic mass is 16.7. The SMILES string of the molecule is O=C1OC2(C[C@@H]1N(C(=O)OCc1ccccc1)C(=O)OCc1ccccc1)[C@@H]1O[C@@H]1C(O)(COCc1ccccc1)[C@@H]1O[C@@H]12. The Morgan fingerprint density at radius 1 is 0.727 bits per heavy atom.